The highest BCUT2D eigenvalue weighted by atomic mass is 79.9. The summed E-state index contributed by atoms with van der Waals surface area (Å²) in [4.78, 5) is 0. The van der Waals surface area contributed by atoms with Crippen molar-refractivity contribution >= 4 is 15.9 Å². The van der Waals surface area contributed by atoms with Gasteiger partial charge >= 0.3 is 0 Å². The van der Waals surface area contributed by atoms with Gasteiger partial charge in [0.2, 0.25) is 0 Å². The number of nitrogens with two attached hydrogens (primary N) is 1. The third-order valence-electron chi connectivity index (χ3n) is 2.90. The van der Waals surface area contributed by atoms with Gasteiger partial charge in [-0.3, -0.25) is 4.68 Å². The van der Waals surface area contributed by atoms with Crippen molar-refractivity contribution in [1.29, 1.82) is 0 Å². The van der Waals surface area contributed by atoms with E-state index in [9.17, 15) is 0 Å². The lowest BCUT2D eigenvalue weighted by molar-refractivity contribution is 0.406. The maximum Gasteiger partial charge on any atom is 0.125 e. The van der Waals surface area contributed by atoms with E-state index in [1.165, 1.54) is 0 Å². The van der Waals surface area contributed by atoms with Gasteiger partial charge in [-0.2, -0.15) is 5.10 Å². The molecule has 0 aliphatic heterocycles. The molecule has 2 rings (SSSR count). The molecule has 0 bridgehead atoms. The molecule has 1 atom stereocenters. The number of benzene rings is 1. The molecule has 2 N–H and O–H groups in total. The normalized spacial score (nSPS) is 12.4. The van der Waals surface area contributed by atoms with Gasteiger partial charge in [0, 0.05) is 22.8 Å². The van der Waals surface area contributed by atoms with Crippen LogP contribution in [0.2, 0.25) is 0 Å². The van der Waals surface area contributed by atoms with E-state index >= 15 is 0 Å². The smallest absolute Gasteiger partial charge is 0.125 e. The van der Waals surface area contributed by atoms with Crippen molar-refractivity contribution in [3.8, 4) is 5.75 Å². The van der Waals surface area contributed by atoms with Crippen LogP contribution in [0.15, 0.2) is 34.9 Å². The first-order chi connectivity index (χ1) is 8.67. The molecule has 1 unspecified atom stereocenters. The lowest BCUT2D eigenvalue weighted by atomic mass is 10.0. The highest BCUT2D eigenvalue weighted by molar-refractivity contribution is 9.10. The van der Waals surface area contributed by atoms with Gasteiger partial charge in [-0.15, -0.1) is 0 Å². The summed E-state index contributed by atoms with van der Waals surface area (Å²) in [5.41, 5.74) is 8.25. The molecule has 0 saturated carbocycles. The zero-order valence-electron chi connectivity index (χ0n) is 10.4. The second-order valence-electron chi connectivity index (χ2n) is 3.94. The fourth-order valence-corrected chi connectivity index (χ4v) is 2.31. The minimum atomic E-state index is -0.240. The van der Waals surface area contributed by atoms with Gasteiger partial charge in [-0.25, -0.2) is 0 Å². The number of ether oxygens (including phenoxy) is 1. The number of aromatic nitrogens is 2. The van der Waals surface area contributed by atoms with Gasteiger partial charge in [0.25, 0.3) is 0 Å². The average Bonchev–Trinajstić information content (AvgIpc) is 2.86. The molecule has 0 amide bonds. The van der Waals surface area contributed by atoms with Crippen LogP contribution in [-0.2, 0) is 6.54 Å². The standard InChI is InChI=1S/C13H16BrN3O/c1-3-17-11(6-7-16-17)13(15)10-5-4-9(14)8-12(10)18-2/h4-8,13H,3,15H2,1-2H3. The van der Waals surface area contributed by atoms with E-state index in [1.807, 2.05) is 35.9 Å². The lowest BCUT2D eigenvalue weighted by Crippen LogP contribution is -2.17. The fraction of sp³-hybridized carbons (Fsp3) is 0.308. The highest BCUT2D eigenvalue weighted by Gasteiger charge is 2.17. The van der Waals surface area contributed by atoms with Gasteiger partial charge < -0.3 is 10.5 Å². The molecule has 5 heteroatoms. The van der Waals surface area contributed by atoms with Crippen molar-refractivity contribution in [2.75, 3.05) is 7.11 Å². The van der Waals surface area contributed by atoms with Gasteiger partial charge in [-0.1, -0.05) is 22.0 Å². The zero-order valence-corrected chi connectivity index (χ0v) is 12.0. The molecule has 0 radical (unpaired) electrons. The molecular weight excluding hydrogens is 294 g/mol. The maximum atomic E-state index is 6.31. The first-order valence-corrected chi connectivity index (χ1v) is 6.57. The molecular formula is C13H16BrN3O. The van der Waals surface area contributed by atoms with E-state index in [0.717, 1.165) is 28.0 Å². The molecule has 18 heavy (non-hydrogen) atoms. The summed E-state index contributed by atoms with van der Waals surface area (Å²) in [5, 5.41) is 4.24. The van der Waals surface area contributed by atoms with Crippen molar-refractivity contribution in [3.63, 3.8) is 0 Å². The maximum absolute atomic E-state index is 6.31. The van der Waals surface area contributed by atoms with Crippen molar-refractivity contribution in [3.05, 3.63) is 46.2 Å². The number of hydrogen-bond donors (Lipinski definition) is 1. The van der Waals surface area contributed by atoms with E-state index < -0.39 is 0 Å². The summed E-state index contributed by atoms with van der Waals surface area (Å²) >= 11 is 3.42. The Balaban J connectivity index is 2.42. The number of methoxy groups -OCH3 is 1. The Morgan fingerprint density at radius 1 is 1.44 bits per heavy atom. The van der Waals surface area contributed by atoms with Crippen molar-refractivity contribution in [1.82, 2.24) is 9.78 Å². The monoisotopic (exact) mass is 309 g/mol. The summed E-state index contributed by atoms with van der Waals surface area (Å²) in [5.74, 6) is 0.778. The van der Waals surface area contributed by atoms with Gasteiger partial charge in [0.15, 0.2) is 0 Å². The lowest BCUT2D eigenvalue weighted by Gasteiger charge is -2.17. The molecule has 0 fully saturated rings. The second kappa shape index (κ2) is 5.54. The Morgan fingerprint density at radius 3 is 2.89 bits per heavy atom. The SMILES string of the molecule is CCn1nccc1C(N)c1ccc(Br)cc1OC. The first kappa shape index (κ1) is 13.1. The fourth-order valence-electron chi connectivity index (χ4n) is 1.97. The van der Waals surface area contributed by atoms with E-state index in [-0.39, 0.29) is 6.04 Å². The number of halogens is 1. The molecule has 0 spiro atoms. The second-order valence-corrected chi connectivity index (χ2v) is 4.85. The van der Waals surface area contributed by atoms with E-state index in [1.54, 1.807) is 13.3 Å². The molecule has 4 nitrogen and oxygen atoms in total. The van der Waals surface area contributed by atoms with Crippen LogP contribution in [0, 0.1) is 0 Å². The summed E-state index contributed by atoms with van der Waals surface area (Å²) in [6.45, 7) is 2.84. The number of nitrogens with zero attached hydrogens (tertiary/aromatic N) is 2. The Kier molecular flexibility index (Phi) is 4.04. The quantitative estimate of drug-likeness (QED) is 0.944. The average molecular weight is 310 g/mol. The highest BCUT2D eigenvalue weighted by Crippen LogP contribution is 2.30. The van der Waals surface area contributed by atoms with Crippen LogP contribution in [0.4, 0.5) is 0 Å². The third kappa shape index (κ3) is 2.42. The predicted octanol–water partition coefficient (Wildman–Crippen LogP) is 2.72. The molecule has 96 valence electrons. The molecule has 1 aromatic carbocycles. The molecule has 2 aromatic rings. The van der Waals surface area contributed by atoms with Crippen molar-refractivity contribution < 1.29 is 4.74 Å². The van der Waals surface area contributed by atoms with Crippen LogP contribution in [0.1, 0.15) is 24.2 Å². The minimum absolute atomic E-state index is 0.240. The first-order valence-electron chi connectivity index (χ1n) is 5.78. The zero-order chi connectivity index (χ0) is 13.1. The van der Waals surface area contributed by atoms with Crippen LogP contribution in [0.3, 0.4) is 0 Å². The number of rotatable bonds is 4. The molecule has 1 aromatic heterocycles. The van der Waals surface area contributed by atoms with E-state index in [0.29, 0.717) is 0 Å². The van der Waals surface area contributed by atoms with Gasteiger partial charge in [0.1, 0.15) is 5.75 Å². The molecule has 0 aliphatic carbocycles. The topological polar surface area (TPSA) is 53.1 Å². The Morgan fingerprint density at radius 2 is 2.22 bits per heavy atom. The van der Waals surface area contributed by atoms with Crippen LogP contribution >= 0.6 is 15.9 Å². The van der Waals surface area contributed by atoms with E-state index in [4.69, 9.17) is 10.5 Å². The van der Waals surface area contributed by atoms with Crippen LogP contribution < -0.4 is 10.5 Å². The molecule has 0 saturated heterocycles. The Labute approximate surface area is 115 Å². The van der Waals surface area contributed by atoms with Gasteiger partial charge in [0.05, 0.1) is 18.8 Å². The van der Waals surface area contributed by atoms with Crippen LogP contribution in [-0.4, -0.2) is 16.9 Å². The number of aryl methyl sites for hydroxylation is 1. The Hall–Kier alpha value is -1.33. The third-order valence-corrected chi connectivity index (χ3v) is 3.39. The van der Waals surface area contributed by atoms with Crippen molar-refractivity contribution in [2.24, 2.45) is 5.73 Å². The van der Waals surface area contributed by atoms with Crippen LogP contribution in [0.5, 0.6) is 5.75 Å². The summed E-state index contributed by atoms with van der Waals surface area (Å²) in [6, 6.07) is 7.55. The minimum Gasteiger partial charge on any atom is -0.496 e. The van der Waals surface area contributed by atoms with E-state index in [2.05, 4.69) is 21.0 Å². The van der Waals surface area contributed by atoms with Gasteiger partial charge in [-0.05, 0) is 25.1 Å². The summed E-state index contributed by atoms with van der Waals surface area (Å²) in [7, 11) is 1.65. The predicted molar refractivity (Wildman–Crippen MR) is 74.6 cm³/mol. The Bertz CT molecular complexity index is 539. The molecule has 1 heterocycles. The largest absolute Gasteiger partial charge is 0.496 e. The van der Waals surface area contributed by atoms with Crippen LogP contribution in [0.25, 0.3) is 0 Å². The van der Waals surface area contributed by atoms with Crippen molar-refractivity contribution in [2.45, 2.75) is 19.5 Å². The number of hydrogen-bond acceptors (Lipinski definition) is 3. The molecule has 0 aliphatic rings. The summed E-state index contributed by atoms with van der Waals surface area (Å²) < 4.78 is 8.25. The summed E-state index contributed by atoms with van der Waals surface area (Å²) in [6.07, 6.45) is 1.77.